The third-order valence-electron chi connectivity index (χ3n) is 8.13. The van der Waals surface area contributed by atoms with Gasteiger partial charge in [0.1, 0.15) is 18.5 Å². The molecule has 0 radical (unpaired) electrons. The molecule has 0 spiro atoms. The highest BCUT2D eigenvalue weighted by Crippen LogP contribution is 2.33. The van der Waals surface area contributed by atoms with Gasteiger partial charge in [-0.15, -0.1) is 0 Å². The zero-order valence-electron chi connectivity index (χ0n) is 21.8. The number of carbonyl (C=O) groups is 3. The van der Waals surface area contributed by atoms with E-state index in [0.29, 0.717) is 62.5 Å². The van der Waals surface area contributed by atoms with Gasteiger partial charge in [-0.25, -0.2) is 0 Å². The van der Waals surface area contributed by atoms with Crippen LogP contribution in [0.25, 0.3) is 0 Å². The van der Waals surface area contributed by atoms with E-state index in [-0.39, 0.29) is 41.9 Å². The Bertz CT molecular complexity index is 1000. The number of fused-ring (bicyclic) bond motifs is 2. The first-order valence-corrected chi connectivity index (χ1v) is 13.4. The predicted molar refractivity (Wildman–Crippen MR) is 137 cm³/mol. The minimum Gasteiger partial charge on any atom is -0.490 e. The number of anilines is 1. The smallest absolute Gasteiger partial charge is 0.257 e. The van der Waals surface area contributed by atoms with Crippen molar-refractivity contribution in [2.45, 2.75) is 50.4 Å². The van der Waals surface area contributed by atoms with Crippen LogP contribution in [0.4, 0.5) is 5.69 Å². The first kappa shape index (κ1) is 25.9. The fourth-order valence-corrected chi connectivity index (χ4v) is 5.69. The Morgan fingerprint density at radius 1 is 1.03 bits per heavy atom. The molecule has 10 nitrogen and oxygen atoms in total. The average molecular weight is 515 g/mol. The summed E-state index contributed by atoms with van der Waals surface area (Å²) < 4.78 is 17.8. The first-order valence-electron chi connectivity index (χ1n) is 13.4. The molecule has 4 aliphatic heterocycles. The molecule has 4 aliphatic rings. The fraction of sp³-hybridized carbons (Fsp3) is 0.667. The maximum absolute atomic E-state index is 13.5. The molecular weight excluding hydrogens is 476 g/mol. The highest BCUT2D eigenvalue weighted by molar-refractivity contribution is 6.00. The van der Waals surface area contributed by atoms with Crippen molar-refractivity contribution in [3.63, 3.8) is 0 Å². The van der Waals surface area contributed by atoms with Crippen molar-refractivity contribution >= 4 is 23.4 Å². The van der Waals surface area contributed by atoms with Gasteiger partial charge in [0.2, 0.25) is 11.8 Å². The van der Waals surface area contributed by atoms with Crippen LogP contribution < -0.4 is 10.1 Å². The molecule has 1 N–H and O–H groups in total. The molecule has 0 aliphatic carbocycles. The number of nitrogens with one attached hydrogen (secondary N) is 1. The van der Waals surface area contributed by atoms with E-state index in [0.717, 1.165) is 32.6 Å². The van der Waals surface area contributed by atoms with Gasteiger partial charge in [0, 0.05) is 58.0 Å². The van der Waals surface area contributed by atoms with E-state index in [9.17, 15) is 14.4 Å². The zero-order valence-corrected chi connectivity index (χ0v) is 21.8. The van der Waals surface area contributed by atoms with Crippen LogP contribution in [0.1, 0.15) is 42.5 Å². The molecule has 4 heterocycles. The van der Waals surface area contributed by atoms with Crippen LogP contribution in [0.2, 0.25) is 0 Å². The number of ether oxygens (including phenoxy) is 3. The van der Waals surface area contributed by atoms with Crippen LogP contribution in [-0.2, 0) is 19.1 Å². The molecule has 0 unspecified atom stereocenters. The summed E-state index contributed by atoms with van der Waals surface area (Å²) in [5, 5.41) is 2.96. The molecule has 1 aromatic carbocycles. The van der Waals surface area contributed by atoms with Gasteiger partial charge in [-0.2, -0.15) is 0 Å². The standard InChI is InChI=1S/C27H38N4O6/c1-29-9-11-31(12-10-29)25(32)16-20-4-5-22-24(37-20)17-36-23-6-3-19(15-21(23)27(34)30(22)2)28-26(33)18-7-13-35-14-8-18/h3,6,15,18,20,22,24H,4-5,7-14,16-17H2,1-2H3,(H,28,33)/t20-,22+,24-/m1/s1. The van der Waals surface area contributed by atoms with Gasteiger partial charge in [0.15, 0.2) is 0 Å². The van der Waals surface area contributed by atoms with E-state index in [1.165, 1.54) is 0 Å². The number of hydrogen-bond donors (Lipinski definition) is 1. The molecule has 3 saturated heterocycles. The second-order valence-electron chi connectivity index (χ2n) is 10.6. The van der Waals surface area contributed by atoms with Gasteiger partial charge in [-0.1, -0.05) is 0 Å². The largest absolute Gasteiger partial charge is 0.490 e. The average Bonchev–Trinajstić information content (AvgIpc) is 2.92. The second-order valence-corrected chi connectivity index (χ2v) is 10.6. The normalized spacial score (nSPS) is 27.4. The van der Waals surface area contributed by atoms with Gasteiger partial charge in [-0.05, 0) is 50.9 Å². The molecule has 37 heavy (non-hydrogen) atoms. The van der Waals surface area contributed by atoms with Gasteiger partial charge in [0.25, 0.3) is 5.91 Å². The number of likely N-dealkylation sites (N-methyl/N-ethyl adjacent to an activating group) is 2. The van der Waals surface area contributed by atoms with Crippen LogP contribution in [0, 0.1) is 5.92 Å². The van der Waals surface area contributed by atoms with Gasteiger partial charge in [0.05, 0.1) is 24.1 Å². The lowest BCUT2D eigenvalue weighted by molar-refractivity contribution is -0.144. The lowest BCUT2D eigenvalue weighted by atomic mass is 9.94. The molecule has 5 rings (SSSR count). The number of carbonyl (C=O) groups excluding carboxylic acids is 3. The second kappa shape index (κ2) is 11.4. The van der Waals surface area contributed by atoms with Crippen LogP contribution in [0.15, 0.2) is 18.2 Å². The molecule has 0 bridgehead atoms. The summed E-state index contributed by atoms with van der Waals surface area (Å²) in [5.41, 5.74) is 1.01. The van der Waals surface area contributed by atoms with Crippen molar-refractivity contribution in [2.24, 2.45) is 5.92 Å². The van der Waals surface area contributed by atoms with E-state index >= 15 is 0 Å². The molecule has 10 heteroatoms. The molecular formula is C27H38N4O6. The van der Waals surface area contributed by atoms with Crippen LogP contribution in [0.5, 0.6) is 5.75 Å². The third kappa shape index (κ3) is 5.91. The van der Waals surface area contributed by atoms with E-state index < -0.39 is 0 Å². The molecule has 202 valence electrons. The van der Waals surface area contributed by atoms with Crippen molar-refractivity contribution in [3.8, 4) is 5.75 Å². The number of nitrogens with zero attached hydrogens (tertiary/aromatic N) is 3. The SMILES string of the molecule is CN1CCN(C(=O)C[C@H]2CC[C@H]3[C@@H](COc4ccc(NC(=O)C5CCOCC5)cc4C(=O)N3C)O2)CC1. The van der Waals surface area contributed by atoms with Crippen molar-refractivity contribution < 1.29 is 28.6 Å². The molecule has 3 atom stereocenters. The highest BCUT2D eigenvalue weighted by Gasteiger charge is 2.39. The number of piperazine rings is 1. The Morgan fingerprint density at radius 2 is 1.78 bits per heavy atom. The Balaban J connectivity index is 1.23. The lowest BCUT2D eigenvalue weighted by Crippen LogP contribution is -2.54. The Morgan fingerprint density at radius 3 is 2.54 bits per heavy atom. The van der Waals surface area contributed by atoms with Crippen molar-refractivity contribution in [1.82, 2.24) is 14.7 Å². The number of hydrogen-bond acceptors (Lipinski definition) is 7. The molecule has 0 saturated carbocycles. The highest BCUT2D eigenvalue weighted by atomic mass is 16.5. The predicted octanol–water partition coefficient (Wildman–Crippen LogP) is 1.60. The van der Waals surface area contributed by atoms with Gasteiger partial charge >= 0.3 is 0 Å². The van der Waals surface area contributed by atoms with Crippen LogP contribution >= 0.6 is 0 Å². The summed E-state index contributed by atoms with van der Waals surface area (Å²) in [4.78, 5) is 44.9. The van der Waals surface area contributed by atoms with Gasteiger partial charge in [-0.3, -0.25) is 14.4 Å². The molecule has 1 aromatic rings. The summed E-state index contributed by atoms with van der Waals surface area (Å²) >= 11 is 0. The Kier molecular flexibility index (Phi) is 7.97. The lowest BCUT2D eigenvalue weighted by Gasteiger charge is -2.42. The van der Waals surface area contributed by atoms with Crippen LogP contribution in [0.3, 0.4) is 0 Å². The number of rotatable bonds is 4. The Hall–Kier alpha value is -2.69. The zero-order chi connectivity index (χ0) is 25.9. The minimum absolute atomic E-state index is 0.0475. The summed E-state index contributed by atoms with van der Waals surface area (Å²) in [6.45, 7) is 4.77. The number of amides is 3. The van der Waals surface area contributed by atoms with Crippen molar-refractivity contribution in [2.75, 3.05) is 65.4 Å². The maximum atomic E-state index is 13.5. The molecule has 3 amide bonds. The van der Waals surface area contributed by atoms with E-state index in [1.807, 2.05) is 4.90 Å². The quantitative estimate of drug-likeness (QED) is 0.651. The maximum Gasteiger partial charge on any atom is 0.257 e. The van der Waals surface area contributed by atoms with Crippen molar-refractivity contribution in [3.05, 3.63) is 23.8 Å². The summed E-state index contributed by atoms with van der Waals surface area (Å²) in [7, 11) is 3.86. The van der Waals surface area contributed by atoms with Crippen molar-refractivity contribution in [1.29, 1.82) is 0 Å². The summed E-state index contributed by atoms with van der Waals surface area (Å²) in [6, 6.07) is 5.06. The van der Waals surface area contributed by atoms with Crippen LogP contribution in [-0.4, -0.2) is 111 Å². The van der Waals surface area contributed by atoms with E-state index in [1.54, 1.807) is 30.1 Å². The van der Waals surface area contributed by atoms with E-state index in [2.05, 4.69) is 17.3 Å². The third-order valence-corrected chi connectivity index (χ3v) is 8.13. The Labute approximate surface area is 218 Å². The van der Waals surface area contributed by atoms with Gasteiger partial charge < -0.3 is 34.2 Å². The summed E-state index contributed by atoms with van der Waals surface area (Å²) in [5.74, 6) is 0.310. The first-order chi connectivity index (χ1) is 17.9. The van der Waals surface area contributed by atoms with E-state index in [4.69, 9.17) is 14.2 Å². The molecule has 3 fully saturated rings. The monoisotopic (exact) mass is 514 g/mol. The minimum atomic E-state index is -0.311. The summed E-state index contributed by atoms with van der Waals surface area (Å²) in [6.07, 6.45) is 2.73. The fourth-order valence-electron chi connectivity index (χ4n) is 5.69. The molecule has 0 aromatic heterocycles. The topological polar surface area (TPSA) is 101 Å². The number of benzene rings is 1.